The Morgan fingerprint density at radius 3 is 2.45 bits per heavy atom. The Kier molecular flexibility index (Phi) is 13.6. The molecule has 0 saturated carbocycles. The predicted octanol–water partition coefficient (Wildman–Crippen LogP) is 6.79. The van der Waals surface area contributed by atoms with Gasteiger partial charge in [-0.05, 0) is 92.0 Å². The number of para-hydroxylation sites is 1. The number of hydrogen-bond acceptors (Lipinski definition) is 9. The van der Waals surface area contributed by atoms with Gasteiger partial charge in [0.25, 0.3) is 0 Å². The van der Waals surface area contributed by atoms with Crippen LogP contribution < -0.4 is 15.5 Å². The highest BCUT2D eigenvalue weighted by Crippen LogP contribution is 2.36. The maximum absolute atomic E-state index is 14.0. The average molecular weight is 794 g/mol. The summed E-state index contributed by atoms with van der Waals surface area (Å²) >= 11 is 13.2. The SMILES string of the molecule is Cc1ccc2cccc(OCc3c(Cl)ccc(S(=O)(=O)N4CCC[C@H]4C(=O)NCCCN(C=NC(=O)OC(C)(C)C)NC(=O)OC(C)(C)C)c3Cl)c2n1. The third-order valence-corrected chi connectivity index (χ3v) is 10.5. The molecule has 3 aromatic rings. The minimum atomic E-state index is -4.24. The molecule has 1 aliphatic heterocycles. The first-order chi connectivity index (χ1) is 24.7. The molecule has 17 heteroatoms. The second-order valence-corrected chi connectivity index (χ2v) is 17.0. The van der Waals surface area contributed by atoms with Gasteiger partial charge in [0, 0.05) is 41.3 Å². The highest BCUT2D eigenvalue weighted by Gasteiger charge is 2.40. The summed E-state index contributed by atoms with van der Waals surface area (Å²) in [5, 5.41) is 5.02. The lowest BCUT2D eigenvalue weighted by molar-refractivity contribution is -0.124. The van der Waals surface area contributed by atoms with E-state index in [0.29, 0.717) is 24.1 Å². The van der Waals surface area contributed by atoms with E-state index in [0.717, 1.165) is 21.7 Å². The maximum Gasteiger partial charge on any atom is 0.435 e. The molecule has 4 rings (SSSR count). The van der Waals surface area contributed by atoms with Crippen LogP contribution in [0.3, 0.4) is 0 Å². The van der Waals surface area contributed by atoms with Gasteiger partial charge in [-0.25, -0.2) is 28.4 Å². The van der Waals surface area contributed by atoms with Gasteiger partial charge in [0.05, 0.1) is 5.02 Å². The maximum atomic E-state index is 14.0. The largest absolute Gasteiger partial charge is 0.487 e. The van der Waals surface area contributed by atoms with Gasteiger partial charge in [-0.3, -0.25) is 9.80 Å². The van der Waals surface area contributed by atoms with Crippen molar-refractivity contribution in [2.45, 2.75) is 96.5 Å². The number of aryl methyl sites for hydroxylation is 1. The number of pyridine rings is 1. The van der Waals surface area contributed by atoms with Crippen molar-refractivity contribution >= 4 is 68.6 Å². The van der Waals surface area contributed by atoms with Gasteiger partial charge < -0.3 is 19.5 Å². The number of halogens is 2. The average Bonchev–Trinajstić information content (AvgIpc) is 3.55. The molecule has 3 amide bonds. The summed E-state index contributed by atoms with van der Waals surface area (Å²) in [6.45, 7) is 12.3. The van der Waals surface area contributed by atoms with Crippen LogP contribution in [-0.2, 0) is 30.9 Å². The second-order valence-electron chi connectivity index (χ2n) is 14.4. The molecular formula is C36H46Cl2N6O8S. The molecule has 0 aliphatic carbocycles. The van der Waals surface area contributed by atoms with Crippen LogP contribution in [0.15, 0.2) is 52.4 Å². The topological polar surface area (TPSA) is 169 Å². The normalized spacial score (nSPS) is 15.4. The molecule has 1 aromatic heterocycles. The third-order valence-electron chi connectivity index (χ3n) is 7.64. The predicted molar refractivity (Wildman–Crippen MR) is 203 cm³/mol. The van der Waals surface area contributed by atoms with E-state index in [9.17, 15) is 22.8 Å². The molecule has 2 aromatic carbocycles. The van der Waals surface area contributed by atoms with Crippen LogP contribution in [-0.4, -0.2) is 84.0 Å². The first-order valence-corrected chi connectivity index (χ1v) is 19.2. The fourth-order valence-electron chi connectivity index (χ4n) is 5.35. The molecule has 2 heterocycles. The van der Waals surface area contributed by atoms with Gasteiger partial charge in [-0.2, -0.15) is 9.30 Å². The summed E-state index contributed by atoms with van der Waals surface area (Å²) in [4.78, 5) is 46.0. The van der Waals surface area contributed by atoms with Gasteiger partial charge in [0.1, 0.15) is 46.4 Å². The van der Waals surface area contributed by atoms with E-state index in [2.05, 4.69) is 20.7 Å². The summed E-state index contributed by atoms with van der Waals surface area (Å²) in [6, 6.07) is 11.1. The number of sulfonamides is 1. The zero-order chi connectivity index (χ0) is 39.1. The number of carbonyl (C=O) groups is 3. The highest BCUT2D eigenvalue weighted by atomic mass is 35.5. The highest BCUT2D eigenvalue weighted by molar-refractivity contribution is 7.89. The van der Waals surface area contributed by atoms with Crippen LogP contribution >= 0.6 is 23.2 Å². The number of hydrazine groups is 1. The number of fused-ring (bicyclic) bond motifs is 1. The van der Waals surface area contributed by atoms with Crippen LogP contribution in [0.1, 0.15) is 72.1 Å². The molecule has 2 N–H and O–H groups in total. The summed E-state index contributed by atoms with van der Waals surface area (Å²) in [7, 11) is -4.24. The number of ether oxygens (including phenoxy) is 3. The number of rotatable bonds is 12. The molecule has 53 heavy (non-hydrogen) atoms. The second kappa shape index (κ2) is 17.3. The van der Waals surface area contributed by atoms with Crippen LogP contribution in [0.25, 0.3) is 10.9 Å². The van der Waals surface area contributed by atoms with E-state index >= 15 is 0 Å². The van der Waals surface area contributed by atoms with Crippen molar-refractivity contribution in [2.75, 3.05) is 19.6 Å². The number of hydrogen-bond donors (Lipinski definition) is 2. The van der Waals surface area contributed by atoms with Gasteiger partial charge in [0.15, 0.2) is 0 Å². The van der Waals surface area contributed by atoms with Gasteiger partial charge in [-0.1, -0.05) is 41.4 Å². The fourth-order valence-corrected chi connectivity index (χ4v) is 7.87. The summed E-state index contributed by atoms with van der Waals surface area (Å²) < 4.78 is 45.7. The van der Waals surface area contributed by atoms with Crippen molar-refractivity contribution in [3.63, 3.8) is 0 Å². The Bertz CT molecular complexity index is 1960. The zero-order valence-corrected chi connectivity index (χ0v) is 33.2. The Morgan fingerprint density at radius 1 is 1.04 bits per heavy atom. The quantitative estimate of drug-likeness (QED) is 0.0862. The van der Waals surface area contributed by atoms with Crippen LogP contribution in [0.4, 0.5) is 9.59 Å². The molecule has 0 radical (unpaired) electrons. The van der Waals surface area contributed by atoms with Crippen molar-refractivity contribution in [3.05, 3.63) is 63.8 Å². The first-order valence-electron chi connectivity index (χ1n) is 17.0. The van der Waals surface area contributed by atoms with Crippen molar-refractivity contribution in [1.29, 1.82) is 0 Å². The zero-order valence-electron chi connectivity index (χ0n) is 30.9. The van der Waals surface area contributed by atoms with Crippen molar-refractivity contribution < 1.29 is 37.0 Å². The van der Waals surface area contributed by atoms with Crippen molar-refractivity contribution in [2.24, 2.45) is 4.99 Å². The van der Waals surface area contributed by atoms with Crippen molar-refractivity contribution in [3.8, 4) is 5.75 Å². The van der Waals surface area contributed by atoms with E-state index in [-0.39, 0.29) is 53.2 Å². The fraction of sp³-hybridized carbons (Fsp3) is 0.472. The Balaban J connectivity index is 1.42. The number of nitrogens with zero attached hydrogens (tertiary/aromatic N) is 4. The molecule has 1 fully saturated rings. The number of amides is 3. The molecule has 1 aliphatic rings. The minimum absolute atomic E-state index is 0.0986. The van der Waals surface area contributed by atoms with Crippen LogP contribution in [0, 0.1) is 6.92 Å². The number of benzene rings is 2. The summed E-state index contributed by atoms with van der Waals surface area (Å²) in [6.07, 6.45) is 0.497. The molecule has 1 saturated heterocycles. The smallest absolute Gasteiger partial charge is 0.435 e. The van der Waals surface area contributed by atoms with Gasteiger partial charge >= 0.3 is 12.2 Å². The molecule has 288 valence electrons. The lowest BCUT2D eigenvalue weighted by atomic mass is 10.2. The van der Waals surface area contributed by atoms with E-state index in [1.54, 1.807) is 47.6 Å². The standard InChI is InChI=1S/C36H46Cl2N6O8S/c1-23-14-15-24-11-8-13-28(31(24)41-23)50-21-25-26(37)16-17-29(30(25)38)53(48,49)44-20-9-12-27(44)32(45)39-18-10-19-43(42-34(47)52-36(5,6)7)22-40-33(46)51-35(2,3)4/h8,11,13-17,22,27H,9-10,12,18-21H2,1-7H3,(H,39,45)(H,42,47)/t27-/m0/s1. The van der Waals surface area contributed by atoms with Gasteiger partial charge in [-0.15, -0.1) is 0 Å². The number of aromatic nitrogens is 1. The summed E-state index contributed by atoms with van der Waals surface area (Å²) in [5.41, 5.74) is 2.69. The van der Waals surface area contributed by atoms with E-state index in [4.69, 9.17) is 37.4 Å². The van der Waals surface area contributed by atoms with Crippen molar-refractivity contribution in [1.82, 2.24) is 25.0 Å². The Labute approximate surface area is 320 Å². The molecule has 0 spiro atoms. The van der Waals surface area contributed by atoms with Crippen LogP contribution in [0.5, 0.6) is 5.75 Å². The summed E-state index contributed by atoms with van der Waals surface area (Å²) in [5.74, 6) is -0.00511. The molecular weight excluding hydrogens is 747 g/mol. The third kappa shape index (κ3) is 11.7. The molecule has 14 nitrogen and oxygen atoms in total. The van der Waals surface area contributed by atoms with E-state index in [1.807, 2.05) is 31.2 Å². The Hall–Kier alpha value is -4.18. The monoisotopic (exact) mass is 792 g/mol. The van der Waals surface area contributed by atoms with E-state index in [1.165, 1.54) is 17.1 Å². The van der Waals surface area contributed by atoms with Crippen LogP contribution in [0.2, 0.25) is 10.0 Å². The molecule has 1 atom stereocenters. The minimum Gasteiger partial charge on any atom is -0.487 e. The number of carbonyl (C=O) groups excluding carboxylic acids is 3. The molecule has 0 unspecified atom stereocenters. The lowest BCUT2D eigenvalue weighted by Gasteiger charge is -2.26. The number of nitrogens with one attached hydrogen (secondary N) is 2. The lowest BCUT2D eigenvalue weighted by Crippen LogP contribution is -2.47. The number of aliphatic imine (C=N–C) groups is 1. The Morgan fingerprint density at radius 2 is 1.75 bits per heavy atom. The molecule has 0 bridgehead atoms. The van der Waals surface area contributed by atoms with E-state index < -0.39 is 45.4 Å². The first kappa shape index (κ1) is 41.6. The van der Waals surface area contributed by atoms with Gasteiger partial charge in [0.2, 0.25) is 15.9 Å².